The molecule has 1 amide bonds. The molecule has 1 N–H and O–H groups in total. The summed E-state index contributed by atoms with van der Waals surface area (Å²) in [6.45, 7) is 1.08. The van der Waals surface area contributed by atoms with Gasteiger partial charge in [-0.3, -0.25) is 4.79 Å². The average molecular weight is 340 g/mol. The molecule has 0 aromatic heterocycles. The van der Waals surface area contributed by atoms with Gasteiger partial charge in [0.1, 0.15) is 0 Å². The van der Waals surface area contributed by atoms with Crippen LogP contribution in [0.1, 0.15) is 29.6 Å². The molecule has 126 valence electrons. The van der Waals surface area contributed by atoms with Gasteiger partial charge in [-0.1, -0.05) is 0 Å². The van der Waals surface area contributed by atoms with Gasteiger partial charge < -0.3 is 10.1 Å². The molecular weight excluding hydrogens is 320 g/mol. The van der Waals surface area contributed by atoms with Crippen molar-refractivity contribution >= 4 is 27.6 Å². The molecule has 7 nitrogen and oxygen atoms in total. The van der Waals surface area contributed by atoms with E-state index in [4.69, 9.17) is 0 Å². The first-order chi connectivity index (χ1) is 10.9. The minimum atomic E-state index is -3.36. The van der Waals surface area contributed by atoms with Crippen LogP contribution in [0.2, 0.25) is 0 Å². The summed E-state index contributed by atoms with van der Waals surface area (Å²) in [6, 6.07) is 6.20. The van der Waals surface area contributed by atoms with Gasteiger partial charge in [-0.05, 0) is 37.1 Å². The number of ether oxygens (including phenoxy) is 1. The van der Waals surface area contributed by atoms with E-state index >= 15 is 0 Å². The van der Waals surface area contributed by atoms with Crippen LogP contribution in [0.5, 0.6) is 0 Å². The summed E-state index contributed by atoms with van der Waals surface area (Å²) < 4.78 is 30.1. The summed E-state index contributed by atoms with van der Waals surface area (Å²) in [5.74, 6) is -1.03. The summed E-state index contributed by atoms with van der Waals surface area (Å²) >= 11 is 0. The molecule has 1 aromatic carbocycles. The van der Waals surface area contributed by atoms with Crippen molar-refractivity contribution in [2.45, 2.75) is 19.3 Å². The lowest BCUT2D eigenvalue weighted by molar-refractivity contribution is -0.115. The van der Waals surface area contributed by atoms with Gasteiger partial charge in [0.25, 0.3) is 0 Å². The molecule has 1 fully saturated rings. The number of benzene rings is 1. The first-order valence-electron chi connectivity index (χ1n) is 7.38. The molecule has 1 saturated heterocycles. The van der Waals surface area contributed by atoms with Gasteiger partial charge >= 0.3 is 5.97 Å². The van der Waals surface area contributed by atoms with Crippen LogP contribution in [0.25, 0.3) is 0 Å². The molecule has 1 aromatic rings. The molecular formula is C15H20N2O5S. The number of hydrogen-bond acceptors (Lipinski definition) is 5. The number of carbonyl (C=O) groups excluding carboxylic acids is 2. The molecule has 0 unspecified atom stereocenters. The van der Waals surface area contributed by atoms with E-state index in [1.165, 1.54) is 23.5 Å². The third kappa shape index (κ3) is 4.77. The summed E-state index contributed by atoms with van der Waals surface area (Å²) in [4.78, 5) is 23.2. The van der Waals surface area contributed by atoms with Gasteiger partial charge in [-0.2, -0.15) is 0 Å². The van der Waals surface area contributed by atoms with E-state index < -0.39 is 16.0 Å². The quantitative estimate of drug-likeness (QED) is 0.786. The zero-order valence-corrected chi connectivity index (χ0v) is 13.8. The van der Waals surface area contributed by atoms with Crippen LogP contribution in [0.15, 0.2) is 24.3 Å². The fraction of sp³-hybridized carbons (Fsp3) is 0.467. The van der Waals surface area contributed by atoms with E-state index in [9.17, 15) is 18.0 Å². The Bertz CT molecular complexity index is 664. The van der Waals surface area contributed by atoms with E-state index in [0.29, 0.717) is 24.3 Å². The maximum atomic E-state index is 12.0. The van der Waals surface area contributed by atoms with Gasteiger partial charge in [0.05, 0.1) is 18.4 Å². The highest BCUT2D eigenvalue weighted by Crippen LogP contribution is 2.15. The summed E-state index contributed by atoms with van der Waals surface area (Å²) in [5.41, 5.74) is 0.878. The highest BCUT2D eigenvalue weighted by Gasteiger charge is 2.25. The molecule has 23 heavy (non-hydrogen) atoms. The lowest BCUT2D eigenvalue weighted by atomic mass is 10.2. The Morgan fingerprint density at radius 1 is 1.17 bits per heavy atom. The molecule has 0 saturated carbocycles. The largest absolute Gasteiger partial charge is 0.465 e. The second kappa shape index (κ2) is 7.56. The first kappa shape index (κ1) is 17.4. The molecule has 1 aliphatic heterocycles. The highest BCUT2D eigenvalue weighted by molar-refractivity contribution is 7.89. The van der Waals surface area contributed by atoms with Crippen molar-refractivity contribution < 1.29 is 22.7 Å². The van der Waals surface area contributed by atoms with Crippen LogP contribution >= 0.6 is 0 Å². The van der Waals surface area contributed by atoms with Crippen molar-refractivity contribution in [2.24, 2.45) is 0 Å². The zero-order chi connectivity index (χ0) is 16.9. The summed E-state index contributed by atoms with van der Waals surface area (Å²) in [5, 5.41) is 2.62. The molecule has 1 aliphatic rings. The second-order valence-corrected chi connectivity index (χ2v) is 7.38. The molecule has 2 rings (SSSR count). The number of anilines is 1. The van der Waals surface area contributed by atoms with Gasteiger partial charge in [0.2, 0.25) is 15.9 Å². The van der Waals surface area contributed by atoms with E-state index in [1.54, 1.807) is 12.1 Å². The average Bonchev–Trinajstić information content (AvgIpc) is 3.08. The Morgan fingerprint density at radius 2 is 1.78 bits per heavy atom. The van der Waals surface area contributed by atoms with Crippen LogP contribution in [0.4, 0.5) is 5.69 Å². The first-order valence-corrected chi connectivity index (χ1v) is 8.99. The number of rotatable bonds is 6. The number of carbonyl (C=O) groups is 2. The van der Waals surface area contributed by atoms with Crippen LogP contribution in [-0.2, 0) is 19.6 Å². The molecule has 8 heteroatoms. The monoisotopic (exact) mass is 340 g/mol. The predicted molar refractivity (Wildman–Crippen MR) is 85.6 cm³/mol. The Kier molecular flexibility index (Phi) is 5.73. The van der Waals surface area contributed by atoms with Crippen molar-refractivity contribution in [1.29, 1.82) is 0 Å². The van der Waals surface area contributed by atoms with Crippen LogP contribution in [0.3, 0.4) is 0 Å². The number of sulfonamides is 1. The van der Waals surface area contributed by atoms with E-state index in [2.05, 4.69) is 10.1 Å². The smallest absolute Gasteiger partial charge is 0.337 e. The summed E-state index contributed by atoms with van der Waals surface area (Å²) in [7, 11) is -2.07. The topological polar surface area (TPSA) is 92.8 Å². The number of methoxy groups -OCH3 is 1. The van der Waals surface area contributed by atoms with E-state index in [0.717, 1.165) is 12.8 Å². The molecule has 0 atom stereocenters. The van der Waals surface area contributed by atoms with E-state index in [1.807, 2.05) is 0 Å². The number of nitrogens with zero attached hydrogens (tertiary/aromatic N) is 1. The standard InChI is InChI=1S/C15H20N2O5S/c1-22-15(19)12-4-6-13(7-5-12)16-14(18)8-11-23(20,21)17-9-2-3-10-17/h4-7H,2-3,8-11H2,1H3,(H,16,18). The SMILES string of the molecule is COC(=O)c1ccc(NC(=O)CCS(=O)(=O)N2CCCC2)cc1. The third-order valence-electron chi connectivity index (χ3n) is 3.64. The van der Waals surface area contributed by atoms with Crippen LogP contribution < -0.4 is 5.32 Å². The fourth-order valence-corrected chi connectivity index (χ4v) is 3.86. The zero-order valence-electron chi connectivity index (χ0n) is 12.9. The maximum Gasteiger partial charge on any atom is 0.337 e. The number of hydrogen-bond donors (Lipinski definition) is 1. The second-order valence-electron chi connectivity index (χ2n) is 5.29. The number of amides is 1. The van der Waals surface area contributed by atoms with E-state index in [-0.39, 0.29) is 18.1 Å². The van der Waals surface area contributed by atoms with Crippen molar-refractivity contribution in [3.05, 3.63) is 29.8 Å². The normalized spacial score (nSPS) is 15.3. The lowest BCUT2D eigenvalue weighted by Crippen LogP contribution is -2.31. The van der Waals surface area contributed by atoms with Crippen molar-refractivity contribution in [3.8, 4) is 0 Å². The molecule has 0 aliphatic carbocycles. The summed E-state index contributed by atoms with van der Waals surface area (Å²) in [6.07, 6.45) is 1.65. The Hall–Kier alpha value is -1.93. The van der Waals surface area contributed by atoms with Crippen LogP contribution in [0, 0.1) is 0 Å². The van der Waals surface area contributed by atoms with Gasteiger partial charge in [-0.25, -0.2) is 17.5 Å². The van der Waals surface area contributed by atoms with Gasteiger partial charge in [0, 0.05) is 25.2 Å². The Balaban J connectivity index is 1.86. The van der Waals surface area contributed by atoms with Crippen LogP contribution in [-0.4, -0.2) is 50.6 Å². The van der Waals surface area contributed by atoms with Crippen molar-refractivity contribution in [3.63, 3.8) is 0 Å². The Morgan fingerprint density at radius 3 is 2.35 bits per heavy atom. The lowest BCUT2D eigenvalue weighted by Gasteiger charge is -2.15. The maximum absolute atomic E-state index is 12.0. The van der Waals surface area contributed by atoms with Crippen molar-refractivity contribution in [2.75, 3.05) is 31.3 Å². The molecule has 0 bridgehead atoms. The number of esters is 1. The van der Waals surface area contributed by atoms with Gasteiger partial charge in [0.15, 0.2) is 0 Å². The minimum absolute atomic E-state index is 0.0996. The van der Waals surface area contributed by atoms with Gasteiger partial charge in [-0.15, -0.1) is 0 Å². The molecule has 0 radical (unpaired) electrons. The molecule has 1 heterocycles. The third-order valence-corrected chi connectivity index (χ3v) is 5.51. The van der Waals surface area contributed by atoms with Crippen molar-refractivity contribution in [1.82, 2.24) is 4.31 Å². The molecule has 0 spiro atoms. The Labute approximate surface area is 135 Å². The highest BCUT2D eigenvalue weighted by atomic mass is 32.2. The predicted octanol–water partition coefficient (Wildman–Crippen LogP) is 1.23. The fourth-order valence-electron chi connectivity index (χ4n) is 2.35. The minimum Gasteiger partial charge on any atom is -0.465 e. The number of nitrogens with one attached hydrogen (secondary N) is 1.